The van der Waals surface area contributed by atoms with Crippen LogP contribution in [0.3, 0.4) is 0 Å². The lowest BCUT2D eigenvalue weighted by Gasteiger charge is -2.29. The number of hydrogen-bond acceptors (Lipinski definition) is 3. The van der Waals surface area contributed by atoms with Gasteiger partial charge in [-0.1, -0.05) is 61.9 Å². The van der Waals surface area contributed by atoms with Crippen LogP contribution in [0.5, 0.6) is 0 Å². The second-order valence-corrected chi connectivity index (χ2v) is 9.15. The highest BCUT2D eigenvalue weighted by molar-refractivity contribution is 5.93. The van der Waals surface area contributed by atoms with E-state index in [0.29, 0.717) is 19.6 Å². The third-order valence-corrected chi connectivity index (χ3v) is 5.62. The first-order chi connectivity index (χ1) is 16.3. The molecule has 0 aliphatic carbocycles. The summed E-state index contributed by atoms with van der Waals surface area (Å²) in [5.74, 6) is 0.834. The lowest BCUT2D eigenvalue weighted by atomic mass is 10.1. The van der Waals surface area contributed by atoms with Crippen LogP contribution in [-0.2, 0) is 17.8 Å². The van der Waals surface area contributed by atoms with Gasteiger partial charge in [0, 0.05) is 18.8 Å². The lowest BCUT2D eigenvalue weighted by Crippen LogP contribution is -2.46. The van der Waals surface area contributed by atoms with Gasteiger partial charge in [-0.3, -0.25) is 4.79 Å². The minimum atomic E-state index is -0.269. The van der Waals surface area contributed by atoms with E-state index >= 15 is 0 Å². The predicted octanol–water partition coefficient (Wildman–Crippen LogP) is 5.66. The molecule has 3 aromatic rings. The maximum Gasteiger partial charge on any atom is 0.322 e. The average Bonchev–Trinajstić information content (AvgIpc) is 3.31. The number of nitrogens with zero attached hydrogens (tertiary/aromatic N) is 2. The van der Waals surface area contributed by atoms with Gasteiger partial charge in [-0.2, -0.15) is 0 Å². The standard InChI is InChI=1S/C28H35N3O3/c1-21(2)18-31(28(33)29-26-13-12-22(3)17-23(26)4)20-27(32)30(19-25-11-8-16-34-25)15-14-24-9-6-5-7-10-24/h5-13,16-17,21H,14-15,18-20H2,1-4H3,(H,29,33). The molecule has 0 aliphatic rings. The number of anilines is 1. The van der Waals surface area contributed by atoms with Gasteiger partial charge in [-0.15, -0.1) is 0 Å². The molecule has 0 spiro atoms. The molecule has 180 valence electrons. The summed E-state index contributed by atoms with van der Waals surface area (Å²) < 4.78 is 5.50. The van der Waals surface area contributed by atoms with Crippen molar-refractivity contribution in [3.8, 4) is 0 Å². The molecular formula is C28H35N3O3. The molecule has 0 saturated carbocycles. The lowest BCUT2D eigenvalue weighted by molar-refractivity contribution is -0.132. The van der Waals surface area contributed by atoms with Gasteiger partial charge in [0.15, 0.2) is 0 Å². The summed E-state index contributed by atoms with van der Waals surface area (Å²) in [7, 11) is 0. The van der Waals surface area contributed by atoms with Crippen LogP contribution in [0.25, 0.3) is 0 Å². The fraction of sp³-hybridized carbons (Fsp3) is 0.357. The highest BCUT2D eigenvalue weighted by atomic mass is 16.3. The molecule has 0 radical (unpaired) electrons. The van der Waals surface area contributed by atoms with E-state index in [1.54, 1.807) is 16.1 Å². The molecule has 1 aromatic heterocycles. The zero-order valence-corrected chi connectivity index (χ0v) is 20.6. The largest absolute Gasteiger partial charge is 0.467 e. The summed E-state index contributed by atoms with van der Waals surface area (Å²) in [6, 6.07) is 19.4. The van der Waals surface area contributed by atoms with Gasteiger partial charge in [0.2, 0.25) is 5.91 Å². The zero-order chi connectivity index (χ0) is 24.5. The van der Waals surface area contributed by atoms with Crippen LogP contribution >= 0.6 is 0 Å². The Balaban J connectivity index is 1.72. The van der Waals surface area contributed by atoms with Crippen molar-refractivity contribution in [1.82, 2.24) is 9.80 Å². The fourth-order valence-electron chi connectivity index (χ4n) is 3.86. The SMILES string of the molecule is Cc1ccc(NC(=O)N(CC(=O)N(CCc2ccccc2)Cc2ccco2)CC(C)C)c(C)c1. The summed E-state index contributed by atoms with van der Waals surface area (Å²) in [6.07, 6.45) is 2.34. The number of amides is 3. The molecule has 2 aromatic carbocycles. The smallest absolute Gasteiger partial charge is 0.322 e. The second kappa shape index (κ2) is 12.1. The molecule has 0 bridgehead atoms. The zero-order valence-electron chi connectivity index (χ0n) is 20.6. The molecule has 0 saturated heterocycles. The van der Waals surface area contributed by atoms with E-state index in [1.807, 2.05) is 76.2 Å². The topological polar surface area (TPSA) is 65.8 Å². The number of rotatable bonds is 10. The van der Waals surface area contributed by atoms with Crippen molar-refractivity contribution in [2.24, 2.45) is 5.92 Å². The van der Waals surface area contributed by atoms with Crippen molar-refractivity contribution in [3.63, 3.8) is 0 Å². The number of carbonyl (C=O) groups excluding carboxylic acids is 2. The van der Waals surface area contributed by atoms with E-state index in [1.165, 1.54) is 0 Å². The van der Waals surface area contributed by atoms with Gasteiger partial charge in [0.1, 0.15) is 12.3 Å². The first-order valence-corrected chi connectivity index (χ1v) is 11.8. The Morgan fingerprint density at radius 3 is 2.38 bits per heavy atom. The van der Waals surface area contributed by atoms with Gasteiger partial charge < -0.3 is 19.5 Å². The molecule has 1 heterocycles. The van der Waals surface area contributed by atoms with Crippen molar-refractivity contribution in [2.75, 3.05) is 25.0 Å². The van der Waals surface area contributed by atoms with E-state index < -0.39 is 0 Å². The molecule has 3 amide bonds. The molecule has 3 rings (SSSR count). The Bertz CT molecular complexity index is 1060. The first kappa shape index (κ1) is 25.1. The van der Waals surface area contributed by atoms with Crippen molar-refractivity contribution in [3.05, 3.63) is 89.4 Å². The number of nitrogens with one attached hydrogen (secondary N) is 1. The Kier molecular flexibility index (Phi) is 8.91. The summed E-state index contributed by atoms with van der Waals surface area (Å²) in [5.41, 5.74) is 4.04. The highest BCUT2D eigenvalue weighted by Crippen LogP contribution is 2.17. The van der Waals surface area contributed by atoms with Gasteiger partial charge in [-0.25, -0.2) is 4.79 Å². The van der Waals surface area contributed by atoms with Gasteiger partial charge in [-0.05, 0) is 55.5 Å². The van der Waals surface area contributed by atoms with Gasteiger partial charge in [0.25, 0.3) is 0 Å². The van der Waals surface area contributed by atoms with Crippen molar-refractivity contribution in [1.29, 1.82) is 0 Å². The van der Waals surface area contributed by atoms with Crippen molar-refractivity contribution in [2.45, 2.75) is 40.7 Å². The molecule has 0 aliphatic heterocycles. The summed E-state index contributed by atoms with van der Waals surface area (Å²) in [5, 5.41) is 2.99. The van der Waals surface area contributed by atoms with Crippen molar-refractivity contribution < 1.29 is 14.0 Å². The van der Waals surface area contributed by atoms with E-state index in [-0.39, 0.29) is 24.4 Å². The predicted molar refractivity (Wildman–Crippen MR) is 136 cm³/mol. The second-order valence-electron chi connectivity index (χ2n) is 9.15. The Morgan fingerprint density at radius 1 is 0.971 bits per heavy atom. The number of carbonyl (C=O) groups is 2. The maximum atomic E-state index is 13.4. The molecule has 6 nitrogen and oxygen atoms in total. The van der Waals surface area contributed by atoms with Crippen LogP contribution in [0.15, 0.2) is 71.3 Å². The first-order valence-electron chi connectivity index (χ1n) is 11.8. The third kappa shape index (κ3) is 7.51. The molecular weight excluding hydrogens is 426 g/mol. The van der Waals surface area contributed by atoms with Crippen LogP contribution in [0.2, 0.25) is 0 Å². The summed E-state index contributed by atoms with van der Waals surface area (Å²) >= 11 is 0. The van der Waals surface area contributed by atoms with E-state index in [0.717, 1.165) is 34.6 Å². The number of benzene rings is 2. The van der Waals surface area contributed by atoms with Crippen LogP contribution in [0.4, 0.5) is 10.5 Å². The molecule has 0 unspecified atom stereocenters. The number of furan rings is 1. The monoisotopic (exact) mass is 461 g/mol. The van der Waals surface area contributed by atoms with Crippen LogP contribution in [0, 0.1) is 19.8 Å². The fourth-order valence-corrected chi connectivity index (χ4v) is 3.86. The molecule has 0 atom stereocenters. The number of aryl methyl sites for hydroxylation is 2. The van der Waals surface area contributed by atoms with Crippen LogP contribution < -0.4 is 5.32 Å². The molecule has 1 N–H and O–H groups in total. The maximum absolute atomic E-state index is 13.4. The minimum Gasteiger partial charge on any atom is -0.467 e. The normalized spacial score (nSPS) is 10.9. The average molecular weight is 462 g/mol. The summed E-state index contributed by atoms with van der Waals surface area (Å²) in [6.45, 7) is 9.46. The Labute approximate surface area is 202 Å². The summed E-state index contributed by atoms with van der Waals surface area (Å²) in [4.78, 5) is 29.9. The third-order valence-electron chi connectivity index (χ3n) is 5.62. The van der Waals surface area contributed by atoms with Crippen LogP contribution in [-0.4, -0.2) is 41.4 Å². The minimum absolute atomic E-state index is 0.00439. The quantitative estimate of drug-likeness (QED) is 0.424. The molecule has 34 heavy (non-hydrogen) atoms. The number of urea groups is 1. The van der Waals surface area contributed by atoms with Crippen molar-refractivity contribution >= 4 is 17.6 Å². The van der Waals surface area contributed by atoms with Crippen LogP contribution in [0.1, 0.15) is 36.3 Å². The Hall–Kier alpha value is -3.54. The van der Waals surface area contributed by atoms with E-state index in [4.69, 9.17) is 4.42 Å². The molecule has 0 fully saturated rings. The Morgan fingerprint density at radius 2 is 1.74 bits per heavy atom. The van der Waals surface area contributed by atoms with Gasteiger partial charge in [0.05, 0.1) is 12.8 Å². The van der Waals surface area contributed by atoms with Gasteiger partial charge >= 0.3 is 6.03 Å². The number of hydrogen-bond donors (Lipinski definition) is 1. The van der Waals surface area contributed by atoms with E-state index in [2.05, 4.69) is 17.4 Å². The molecule has 6 heteroatoms. The highest BCUT2D eigenvalue weighted by Gasteiger charge is 2.23. The van der Waals surface area contributed by atoms with E-state index in [9.17, 15) is 9.59 Å².